The molecule has 1 saturated heterocycles. The Kier molecular flexibility index (Phi) is 6.12. The number of rotatable bonds is 3. The Morgan fingerprint density at radius 2 is 1.96 bits per heavy atom. The molecule has 2 aromatic rings. The van der Waals surface area contributed by atoms with E-state index in [4.69, 9.17) is 23.8 Å². The largest absolute Gasteiger partial charge is 0.369 e. The molecule has 1 atom stereocenters. The quantitative estimate of drug-likeness (QED) is 0.739. The van der Waals surface area contributed by atoms with Gasteiger partial charge in [-0.1, -0.05) is 17.7 Å². The molecule has 0 aromatic heterocycles. The third-order valence-electron chi connectivity index (χ3n) is 4.57. The number of nitrogens with one attached hydrogen (secondary N) is 2. The van der Waals surface area contributed by atoms with Crippen LogP contribution in [-0.4, -0.2) is 23.6 Å². The Morgan fingerprint density at radius 3 is 2.65 bits per heavy atom. The number of halogens is 1. The molecule has 0 bridgehead atoms. The van der Waals surface area contributed by atoms with Gasteiger partial charge in [-0.2, -0.15) is 0 Å². The van der Waals surface area contributed by atoms with Crippen LogP contribution >= 0.6 is 23.8 Å². The van der Waals surface area contributed by atoms with Crippen molar-refractivity contribution in [2.45, 2.75) is 32.2 Å². The number of anilines is 2. The molecule has 1 aliphatic rings. The minimum Gasteiger partial charge on any atom is -0.369 e. The van der Waals surface area contributed by atoms with Crippen molar-refractivity contribution in [3.63, 3.8) is 0 Å². The standard InChI is InChI=1S/C20H22ClN3OS/c1-14-5-2-3-12-24(14)18-10-8-17(9-11-18)22-20(26)23-19(25)15-6-4-7-16(21)13-15/h4,6-11,13-14H,2-3,5,12H2,1H3,(H2,22,23,25,26)/t14-/m1/s1. The molecule has 0 saturated carbocycles. The Labute approximate surface area is 164 Å². The van der Waals surface area contributed by atoms with Gasteiger partial charge in [-0.3, -0.25) is 10.1 Å². The molecule has 0 radical (unpaired) electrons. The molecule has 4 nitrogen and oxygen atoms in total. The van der Waals surface area contributed by atoms with E-state index in [0.717, 1.165) is 12.2 Å². The number of benzene rings is 2. The fraction of sp³-hybridized carbons (Fsp3) is 0.300. The van der Waals surface area contributed by atoms with E-state index in [1.807, 2.05) is 12.1 Å². The molecule has 0 spiro atoms. The Bertz CT molecular complexity index is 794. The van der Waals surface area contributed by atoms with Crippen LogP contribution in [0.1, 0.15) is 36.5 Å². The molecule has 1 amide bonds. The molecule has 136 valence electrons. The highest BCUT2D eigenvalue weighted by molar-refractivity contribution is 7.80. The smallest absolute Gasteiger partial charge is 0.257 e. The summed E-state index contributed by atoms with van der Waals surface area (Å²) in [5, 5.41) is 6.49. The second-order valence-corrected chi connectivity index (χ2v) is 7.35. The number of piperidine rings is 1. The molecular weight excluding hydrogens is 366 g/mol. The van der Waals surface area contributed by atoms with Crippen LogP contribution in [0.4, 0.5) is 11.4 Å². The van der Waals surface area contributed by atoms with Crippen LogP contribution in [0.25, 0.3) is 0 Å². The van der Waals surface area contributed by atoms with Gasteiger partial charge in [0, 0.05) is 34.5 Å². The Hall–Kier alpha value is -2.11. The van der Waals surface area contributed by atoms with Crippen molar-refractivity contribution in [3.05, 3.63) is 59.1 Å². The lowest BCUT2D eigenvalue weighted by Crippen LogP contribution is -2.37. The van der Waals surface area contributed by atoms with Gasteiger partial charge in [0.05, 0.1) is 0 Å². The third kappa shape index (κ3) is 4.74. The van der Waals surface area contributed by atoms with E-state index in [9.17, 15) is 4.79 Å². The summed E-state index contributed by atoms with van der Waals surface area (Å²) in [7, 11) is 0. The molecule has 0 aliphatic carbocycles. The van der Waals surface area contributed by atoms with Gasteiger partial charge in [0.1, 0.15) is 0 Å². The first-order valence-electron chi connectivity index (χ1n) is 8.77. The topological polar surface area (TPSA) is 44.4 Å². The van der Waals surface area contributed by atoms with Gasteiger partial charge in [-0.25, -0.2) is 0 Å². The van der Waals surface area contributed by atoms with Crippen LogP contribution in [-0.2, 0) is 0 Å². The number of carbonyl (C=O) groups is 1. The average molecular weight is 388 g/mol. The van der Waals surface area contributed by atoms with Crippen molar-refractivity contribution in [1.29, 1.82) is 0 Å². The second-order valence-electron chi connectivity index (χ2n) is 6.50. The molecule has 3 rings (SSSR count). The van der Waals surface area contributed by atoms with E-state index in [-0.39, 0.29) is 11.0 Å². The summed E-state index contributed by atoms with van der Waals surface area (Å²) in [5.74, 6) is -0.288. The van der Waals surface area contributed by atoms with Gasteiger partial charge in [0.15, 0.2) is 5.11 Å². The molecule has 0 unspecified atom stereocenters. The number of hydrogen-bond acceptors (Lipinski definition) is 3. The van der Waals surface area contributed by atoms with E-state index in [1.54, 1.807) is 24.3 Å². The molecule has 1 fully saturated rings. The predicted octanol–water partition coefficient (Wildman–Crippen LogP) is 4.85. The molecular formula is C20H22ClN3OS. The van der Waals surface area contributed by atoms with Crippen LogP contribution < -0.4 is 15.5 Å². The second kappa shape index (κ2) is 8.52. The zero-order valence-corrected chi connectivity index (χ0v) is 16.2. The van der Waals surface area contributed by atoms with E-state index in [2.05, 4.69) is 34.6 Å². The maximum atomic E-state index is 12.2. The minimum absolute atomic E-state index is 0.258. The molecule has 1 aliphatic heterocycles. The molecule has 2 N–H and O–H groups in total. The number of carbonyl (C=O) groups excluding carboxylic acids is 1. The third-order valence-corrected chi connectivity index (χ3v) is 5.01. The number of hydrogen-bond donors (Lipinski definition) is 2. The zero-order chi connectivity index (χ0) is 18.5. The van der Waals surface area contributed by atoms with Crippen molar-refractivity contribution in [3.8, 4) is 0 Å². The molecule has 1 heterocycles. The van der Waals surface area contributed by atoms with Crippen LogP contribution in [0.3, 0.4) is 0 Å². The maximum absolute atomic E-state index is 12.2. The molecule has 26 heavy (non-hydrogen) atoms. The van der Waals surface area contributed by atoms with Crippen molar-refractivity contribution in [1.82, 2.24) is 5.32 Å². The van der Waals surface area contributed by atoms with Crippen LogP contribution in [0.2, 0.25) is 5.02 Å². The van der Waals surface area contributed by atoms with Crippen molar-refractivity contribution < 1.29 is 4.79 Å². The van der Waals surface area contributed by atoms with E-state index < -0.39 is 0 Å². The summed E-state index contributed by atoms with van der Waals surface area (Å²) < 4.78 is 0. The van der Waals surface area contributed by atoms with E-state index in [0.29, 0.717) is 16.6 Å². The highest BCUT2D eigenvalue weighted by atomic mass is 35.5. The lowest BCUT2D eigenvalue weighted by atomic mass is 10.0. The van der Waals surface area contributed by atoms with Crippen LogP contribution in [0.5, 0.6) is 0 Å². The van der Waals surface area contributed by atoms with E-state index >= 15 is 0 Å². The van der Waals surface area contributed by atoms with Crippen molar-refractivity contribution in [2.24, 2.45) is 0 Å². The summed E-state index contributed by atoms with van der Waals surface area (Å²) in [5.41, 5.74) is 2.53. The first-order chi connectivity index (χ1) is 12.5. The van der Waals surface area contributed by atoms with Gasteiger partial charge in [0.25, 0.3) is 5.91 Å². The number of nitrogens with zero attached hydrogens (tertiary/aromatic N) is 1. The first kappa shape index (κ1) is 18.7. The average Bonchev–Trinajstić information content (AvgIpc) is 2.63. The van der Waals surface area contributed by atoms with Gasteiger partial charge >= 0.3 is 0 Å². The monoisotopic (exact) mass is 387 g/mol. The number of amides is 1. The lowest BCUT2D eigenvalue weighted by molar-refractivity contribution is 0.0977. The van der Waals surface area contributed by atoms with Gasteiger partial charge < -0.3 is 10.2 Å². The van der Waals surface area contributed by atoms with Gasteiger partial charge in [-0.05, 0) is 80.9 Å². The highest BCUT2D eigenvalue weighted by Gasteiger charge is 2.18. The fourth-order valence-corrected chi connectivity index (χ4v) is 3.59. The lowest BCUT2D eigenvalue weighted by Gasteiger charge is -2.35. The van der Waals surface area contributed by atoms with Crippen molar-refractivity contribution >= 4 is 46.2 Å². The summed E-state index contributed by atoms with van der Waals surface area (Å²) in [6, 6.07) is 15.5. The SMILES string of the molecule is C[C@@H]1CCCCN1c1ccc(NC(=S)NC(=O)c2cccc(Cl)c2)cc1. The van der Waals surface area contributed by atoms with Crippen LogP contribution in [0.15, 0.2) is 48.5 Å². The van der Waals surface area contributed by atoms with Gasteiger partial charge in [0.2, 0.25) is 0 Å². The van der Waals surface area contributed by atoms with Crippen LogP contribution in [0, 0.1) is 0 Å². The minimum atomic E-state index is -0.288. The molecule has 2 aromatic carbocycles. The zero-order valence-electron chi connectivity index (χ0n) is 14.7. The van der Waals surface area contributed by atoms with Crippen molar-refractivity contribution in [2.75, 3.05) is 16.8 Å². The Balaban J connectivity index is 1.58. The fourth-order valence-electron chi connectivity index (χ4n) is 3.19. The summed E-state index contributed by atoms with van der Waals surface area (Å²) in [6.45, 7) is 3.37. The maximum Gasteiger partial charge on any atom is 0.257 e. The normalized spacial score (nSPS) is 16.8. The molecule has 6 heteroatoms. The number of thiocarbonyl (C=S) groups is 1. The first-order valence-corrected chi connectivity index (χ1v) is 9.56. The summed E-state index contributed by atoms with van der Waals surface area (Å²) in [6.07, 6.45) is 3.78. The summed E-state index contributed by atoms with van der Waals surface area (Å²) in [4.78, 5) is 14.6. The summed E-state index contributed by atoms with van der Waals surface area (Å²) >= 11 is 11.1. The highest BCUT2D eigenvalue weighted by Crippen LogP contribution is 2.25. The van der Waals surface area contributed by atoms with E-state index in [1.165, 1.54) is 24.9 Å². The van der Waals surface area contributed by atoms with Gasteiger partial charge in [-0.15, -0.1) is 0 Å². The Morgan fingerprint density at radius 1 is 1.19 bits per heavy atom. The predicted molar refractivity (Wildman–Crippen MR) is 112 cm³/mol.